The van der Waals surface area contributed by atoms with Crippen molar-refractivity contribution in [2.24, 2.45) is 0 Å². The highest BCUT2D eigenvalue weighted by Gasteiger charge is 2.17. The Morgan fingerprint density at radius 3 is 2.03 bits per heavy atom. The molecule has 172 valence electrons. The summed E-state index contributed by atoms with van der Waals surface area (Å²) in [7, 11) is -3.67. The van der Waals surface area contributed by atoms with Gasteiger partial charge in [-0.05, 0) is 74.0 Å². The van der Waals surface area contributed by atoms with Gasteiger partial charge in [0.2, 0.25) is 10.0 Å². The Bertz CT molecular complexity index is 1260. The monoisotopic (exact) mass is 469 g/mol. The zero-order valence-corrected chi connectivity index (χ0v) is 18.9. The van der Waals surface area contributed by atoms with E-state index in [0.29, 0.717) is 17.8 Å². The van der Waals surface area contributed by atoms with Crippen LogP contribution in [0, 0.1) is 5.82 Å². The first kappa shape index (κ1) is 24.1. The number of sulfonamides is 1. The van der Waals surface area contributed by atoms with Crippen LogP contribution < -0.4 is 15.4 Å². The zero-order chi connectivity index (χ0) is 24.0. The molecule has 0 spiro atoms. The first-order valence-electron chi connectivity index (χ1n) is 10.3. The predicted molar refractivity (Wildman–Crippen MR) is 125 cm³/mol. The Morgan fingerprint density at radius 2 is 1.42 bits per heavy atom. The van der Waals surface area contributed by atoms with Crippen LogP contribution in [0.5, 0.6) is 0 Å². The molecule has 3 aromatic carbocycles. The van der Waals surface area contributed by atoms with Crippen LogP contribution in [0.3, 0.4) is 0 Å². The van der Waals surface area contributed by atoms with E-state index in [1.54, 1.807) is 31.2 Å². The van der Waals surface area contributed by atoms with Gasteiger partial charge in [0, 0.05) is 28.5 Å². The van der Waals surface area contributed by atoms with Crippen LogP contribution >= 0.6 is 0 Å². The lowest BCUT2D eigenvalue weighted by Crippen LogP contribution is -2.32. The second-order valence-electron chi connectivity index (χ2n) is 7.45. The minimum atomic E-state index is -3.67. The number of rotatable bonds is 8. The Morgan fingerprint density at radius 1 is 0.848 bits per heavy atom. The normalized spacial score (nSPS) is 12.1. The molecule has 0 saturated heterocycles. The molecule has 3 aromatic rings. The molecule has 3 N–H and O–H groups in total. The molecule has 1 unspecified atom stereocenters. The number of carbonyl (C=O) groups is 2. The van der Waals surface area contributed by atoms with E-state index in [4.69, 9.17) is 0 Å². The van der Waals surface area contributed by atoms with Crippen LogP contribution in [-0.2, 0) is 10.0 Å². The number of carbonyl (C=O) groups excluding carboxylic acids is 2. The van der Waals surface area contributed by atoms with Crippen LogP contribution in [0.2, 0.25) is 0 Å². The maximum atomic E-state index is 13.3. The summed E-state index contributed by atoms with van der Waals surface area (Å²) in [5, 5.41) is 5.28. The van der Waals surface area contributed by atoms with E-state index < -0.39 is 27.7 Å². The van der Waals surface area contributed by atoms with Crippen molar-refractivity contribution in [3.63, 3.8) is 0 Å². The van der Waals surface area contributed by atoms with Gasteiger partial charge in [-0.1, -0.05) is 19.1 Å². The van der Waals surface area contributed by atoms with Gasteiger partial charge in [0.15, 0.2) is 0 Å². The lowest BCUT2D eigenvalue weighted by atomic mass is 10.1. The fourth-order valence-corrected chi connectivity index (χ4v) is 4.24. The van der Waals surface area contributed by atoms with Gasteiger partial charge in [0.05, 0.1) is 4.90 Å². The van der Waals surface area contributed by atoms with Crippen molar-refractivity contribution < 1.29 is 22.4 Å². The number of anilines is 2. The predicted octanol–water partition coefficient (Wildman–Crippen LogP) is 4.41. The first-order valence-corrected chi connectivity index (χ1v) is 11.8. The Balaban J connectivity index is 1.69. The minimum absolute atomic E-state index is 0.0652. The van der Waals surface area contributed by atoms with Crippen molar-refractivity contribution >= 4 is 33.2 Å². The Kier molecular flexibility index (Phi) is 7.57. The van der Waals surface area contributed by atoms with Crippen molar-refractivity contribution in [3.8, 4) is 0 Å². The molecule has 7 nitrogen and oxygen atoms in total. The minimum Gasteiger partial charge on any atom is -0.322 e. The summed E-state index contributed by atoms with van der Waals surface area (Å²) in [4.78, 5) is 25.1. The number of nitrogens with one attached hydrogen (secondary N) is 3. The number of hydrogen-bond donors (Lipinski definition) is 3. The van der Waals surface area contributed by atoms with Gasteiger partial charge in [0.25, 0.3) is 11.8 Å². The molecule has 0 radical (unpaired) electrons. The van der Waals surface area contributed by atoms with Gasteiger partial charge < -0.3 is 10.6 Å². The molecule has 0 aliphatic carbocycles. The summed E-state index contributed by atoms with van der Waals surface area (Å²) >= 11 is 0. The van der Waals surface area contributed by atoms with Gasteiger partial charge in [-0.3, -0.25) is 9.59 Å². The second-order valence-corrected chi connectivity index (χ2v) is 9.17. The molecule has 0 aliphatic rings. The van der Waals surface area contributed by atoms with Crippen molar-refractivity contribution in [1.82, 2.24) is 4.72 Å². The average molecular weight is 470 g/mol. The number of hydrogen-bond acceptors (Lipinski definition) is 4. The number of amides is 2. The molecule has 0 saturated carbocycles. The van der Waals surface area contributed by atoms with E-state index in [-0.39, 0.29) is 22.1 Å². The van der Waals surface area contributed by atoms with E-state index in [1.807, 2.05) is 6.92 Å². The SMILES string of the molecule is CCC(C)NS(=O)(=O)c1ccc(C(=O)Nc2cccc(C(=O)Nc3cccc(F)c3)c2)cc1. The maximum absolute atomic E-state index is 13.3. The summed E-state index contributed by atoms with van der Waals surface area (Å²) in [5.41, 5.74) is 1.22. The largest absolute Gasteiger partial charge is 0.322 e. The van der Waals surface area contributed by atoms with Crippen molar-refractivity contribution in [3.05, 3.63) is 89.7 Å². The van der Waals surface area contributed by atoms with Crippen LogP contribution in [0.4, 0.5) is 15.8 Å². The van der Waals surface area contributed by atoms with Crippen LogP contribution in [-0.4, -0.2) is 26.3 Å². The highest BCUT2D eigenvalue weighted by atomic mass is 32.2. The summed E-state index contributed by atoms with van der Waals surface area (Å²) in [6.45, 7) is 3.65. The molecular formula is C24H24FN3O4S. The van der Waals surface area contributed by atoms with Crippen molar-refractivity contribution in [2.45, 2.75) is 31.2 Å². The molecule has 0 aromatic heterocycles. The van der Waals surface area contributed by atoms with E-state index in [2.05, 4.69) is 15.4 Å². The summed E-state index contributed by atoms with van der Waals surface area (Å²) in [5.74, 6) is -1.39. The highest BCUT2D eigenvalue weighted by Crippen LogP contribution is 2.17. The lowest BCUT2D eigenvalue weighted by molar-refractivity contribution is 0.101. The molecule has 9 heteroatoms. The van der Waals surface area contributed by atoms with Gasteiger partial charge in [-0.15, -0.1) is 0 Å². The third-order valence-electron chi connectivity index (χ3n) is 4.86. The lowest BCUT2D eigenvalue weighted by Gasteiger charge is -2.12. The molecule has 0 bridgehead atoms. The number of benzene rings is 3. The summed E-state index contributed by atoms with van der Waals surface area (Å²) in [6, 6.07) is 17.2. The van der Waals surface area contributed by atoms with Crippen LogP contribution in [0.25, 0.3) is 0 Å². The first-order chi connectivity index (χ1) is 15.7. The fourth-order valence-electron chi connectivity index (χ4n) is 2.91. The number of halogens is 1. The second kappa shape index (κ2) is 10.4. The van der Waals surface area contributed by atoms with E-state index in [0.717, 1.165) is 0 Å². The molecular weight excluding hydrogens is 445 g/mol. The molecule has 33 heavy (non-hydrogen) atoms. The third kappa shape index (κ3) is 6.47. The molecule has 0 heterocycles. The molecule has 2 amide bonds. The van der Waals surface area contributed by atoms with Crippen LogP contribution in [0.15, 0.2) is 77.7 Å². The molecule has 1 atom stereocenters. The highest BCUT2D eigenvalue weighted by molar-refractivity contribution is 7.89. The standard InChI is InChI=1S/C24H24FN3O4S/c1-3-16(2)28-33(31,32)22-12-10-17(11-13-22)23(29)26-20-8-4-6-18(14-20)24(30)27-21-9-5-7-19(25)15-21/h4-16,28H,3H2,1-2H3,(H,26,29)(H,27,30). The van der Waals surface area contributed by atoms with Crippen molar-refractivity contribution in [1.29, 1.82) is 0 Å². The Labute approximate surface area is 192 Å². The molecule has 3 rings (SSSR count). The molecule has 0 fully saturated rings. The topological polar surface area (TPSA) is 104 Å². The fraction of sp³-hybridized carbons (Fsp3) is 0.167. The van der Waals surface area contributed by atoms with Gasteiger partial charge in [-0.2, -0.15) is 0 Å². The van der Waals surface area contributed by atoms with E-state index in [9.17, 15) is 22.4 Å². The quantitative estimate of drug-likeness (QED) is 0.455. The smallest absolute Gasteiger partial charge is 0.255 e. The summed E-state index contributed by atoms with van der Waals surface area (Å²) < 4.78 is 40.6. The van der Waals surface area contributed by atoms with Crippen molar-refractivity contribution in [2.75, 3.05) is 10.6 Å². The third-order valence-corrected chi connectivity index (χ3v) is 6.47. The zero-order valence-electron chi connectivity index (χ0n) is 18.1. The van der Waals surface area contributed by atoms with E-state index >= 15 is 0 Å². The Hall–Kier alpha value is -3.56. The molecule has 0 aliphatic heterocycles. The van der Waals surface area contributed by atoms with Gasteiger partial charge in [-0.25, -0.2) is 17.5 Å². The maximum Gasteiger partial charge on any atom is 0.255 e. The van der Waals surface area contributed by atoms with Gasteiger partial charge in [0.1, 0.15) is 5.82 Å². The van der Waals surface area contributed by atoms with Crippen LogP contribution in [0.1, 0.15) is 41.0 Å². The van der Waals surface area contributed by atoms with Gasteiger partial charge >= 0.3 is 0 Å². The average Bonchev–Trinajstić information content (AvgIpc) is 2.79. The summed E-state index contributed by atoms with van der Waals surface area (Å²) in [6.07, 6.45) is 0.652. The van der Waals surface area contributed by atoms with E-state index in [1.165, 1.54) is 48.5 Å².